The molecule has 6 nitrogen and oxygen atoms in total. The number of aldehydes is 1. The molecule has 0 saturated carbocycles. The van der Waals surface area contributed by atoms with Crippen LogP contribution in [0.1, 0.15) is 0 Å². The zero-order chi connectivity index (χ0) is 12.4. The van der Waals surface area contributed by atoms with E-state index in [1.807, 2.05) is 0 Å². The molecule has 6 heteroatoms. The molecule has 1 unspecified atom stereocenters. The van der Waals surface area contributed by atoms with Crippen LogP contribution >= 0.6 is 0 Å². The number of aliphatic hydroxyl groups excluding tert-OH is 3. The first-order valence-electron chi connectivity index (χ1n) is 5.14. The van der Waals surface area contributed by atoms with Crippen LogP contribution in [0.4, 0.5) is 0 Å². The zero-order valence-electron chi connectivity index (χ0n) is 8.98. The van der Waals surface area contributed by atoms with Crippen LogP contribution in [0.25, 0.3) is 0 Å². The number of nitrogens with zero attached hydrogens (tertiary/aromatic N) is 1. The van der Waals surface area contributed by atoms with E-state index in [4.69, 9.17) is 9.84 Å². The van der Waals surface area contributed by atoms with E-state index >= 15 is 0 Å². The summed E-state index contributed by atoms with van der Waals surface area (Å²) in [5, 5.41) is 28.1. The SMILES string of the molecule is O=CC1=CC=CN([C@@H]2OC(CO)C(O)=C2O)C1. The molecule has 2 rings (SSSR count). The minimum Gasteiger partial charge on any atom is -0.506 e. The molecule has 0 radical (unpaired) electrons. The third-order valence-electron chi connectivity index (χ3n) is 2.67. The average molecular weight is 239 g/mol. The minimum atomic E-state index is -0.918. The molecule has 0 saturated heterocycles. The lowest BCUT2D eigenvalue weighted by molar-refractivity contribution is -0.105. The third-order valence-corrected chi connectivity index (χ3v) is 2.67. The minimum absolute atomic E-state index is 0.278. The quantitative estimate of drug-likeness (QED) is 0.600. The summed E-state index contributed by atoms with van der Waals surface area (Å²) in [6.07, 6.45) is 3.87. The normalized spacial score (nSPS) is 28.5. The topological polar surface area (TPSA) is 90.2 Å². The van der Waals surface area contributed by atoms with Crippen LogP contribution in [0, 0.1) is 0 Å². The fraction of sp³-hybridized carbons (Fsp3) is 0.364. The molecule has 0 aromatic carbocycles. The first-order valence-corrected chi connectivity index (χ1v) is 5.14. The number of aliphatic hydroxyl groups is 3. The van der Waals surface area contributed by atoms with Gasteiger partial charge in [0, 0.05) is 18.3 Å². The van der Waals surface area contributed by atoms with Gasteiger partial charge in [0.15, 0.2) is 17.7 Å². The van der Waals surface area contributed by atoms with Crippen LogP contribution in [-0.2, 0) is 9.53 Å². The van der Waals surface area contributed by atoms with Crippen molar-refractivity contribution < 1.29 is 24.9 Å². The summed E-state index contributed by atoms with van der Waals surface area (Å²) in [4.78, 5) is 12.2. The molecule has 2 aliphatic heterocycles. The largest absolute Gasteiger partial charge is 0.506 e. The third kappa shape index (κ3) is 2.04. The fourth-order valence-corrected chi connectivity index (χ4v) is 1.77. The van der Waals surface area contributed by atoms with Gasteiger partial charge in [0.05, 0.1) is 6.61 Å². The Hall–Kier alpha value is -1.79. The molecule has 0 bridgehead atoms. The highest BCUT2D eigenvalue weighted by Gasteiger charge is 2.37. The molecule has 92 valence electrons. The molecule has 0 spiro atoms. The van der Waals surface area contributed by atoms with Gasteiger partial charge >= 0.3 is 0 Å². The maximum Gasteiger partial charge on any atom is 0.192 e. The average Bonchev–Trinajstić information content (AvgIpc) is 2.66. The monoisotopic (exact) mass is 239 g/mol. The highest BCUT2D eigenvalue weighted by molar-refractivity contribution is 5.74. The van der Waals surface area contributed by atoms with Gasteiger partial charge in [0.2, 0.25) is 0 Å². The van der Waals surface area contributed by atoms with Crippen molar-refractivity contribution in [1.29, 1.82) is 0 Å². The summed E-state index contributed by atoms with van der Waals surface area (Å²) in [7, 11) is 0. The van der Waals surface area contributed by atoms with Crippen molar-refractivity contribution in [2.75, 3.05) is 13.2 Å². The molecule has 0 amide bonds. The number of rotatable bonds is 3. The van der Waals surface area contributed by atoms with Crippen molar-refractivity contribution in [1.82, 2.24) is 4.90 Å². The summed E-state index contributed by atoms with van der Waals surface area (Å²) in [6, 6.07) is 0. The second-order valence-electron chi connectivity index (χ2n) is 3.80. The molecule has 2 atom stereocenters. The lowest BCUT2D eigenvalue weighted by Gasteiger charge is -2.28. The van der Waals surface area contributed by atoms with E-state index in [0.29, 0.717) is 5.57 Å². The summed E-state index contributed by atoms with van der Waals surface area (Å²) < 4.78 is 5.27. The molecular formula is C11H13NO5. The van der Waals surface area contributed by atoms with Gasteiger partial charge in [-0.15, -0.1) is 0 Å². The van der Waals surface area contributed by atoms with Crippen LogP contribution in [0.5, 0.6) is 0 Å². The lowest BCUT2D eigenvalue weighted by Crippen LogP contribution is -2.36. The Labute approximate surface area is 97.7 Å². The second kappa shape index (κ2) is 4.60. The van der Waals surface area contributed by atoms with Crippen molar-refractivity contribution in [3.63, 3.8) is 0 Å². The molecule has 3 N–H and O–H groups in total. The Bertz CT molecular complexity index is 412. The lowest BCUT2D eigenvalue weighted by atomic mass is 10.2. The number of allylic oxidation sites excluding steroid dienone is 2. The van der Waals surface area contributed by atoms with E-state index in [0.717, 1.165) is 6.29 Å². The Kier molecular flexibility index (Phi) is 3.16. The van der Waals surface area contributed by atoms with Gasteiger partial charge in [0.25, 0.3) is 0 Å². The van der Waals surface area contributed by atoms with Gasteiger partial charge < -0.3 is 25.0 Å². The number of hydrogen-bond acceptors (Lipinski definition) is 6. The Balaban J connectivity index is 2.14. The Morgan fingerprint density at radius 2 is 2.24 bits per heavy atom. The standard InChI is InChI=1S/C11H13NO5/c13-5-7-2-1-3-12(4-7)11-10(16)9(15)8(6-14)17-11/h1-3,5,8,11,14-16H,4,6H2/t8?,11-/m1/s1. The van der Waals surface area contributed by atoms with Crippen molar-refractivity contribution in [2.24, 2.45) is 0 Å². The van der Waals surface area contributed by atoms with E-state index in [2.05, 4.69) is 0 Å². The van der Waals surface area contributed by atoms with Crippen molar-refractivity contribution in [3.8, 4) is 0 Å². The smallest absolute Gasteiger partial charge is 0.192 e. The van der Waals surface area contributed by atoms with Crippen LogP contribution in [-0.4, -0.2) is 52.0 Å². The summed E-state index contributed by atoms with van der Waals surface area (Å²) in [6.45, 7) is -0.138. The van der Waals surface area contributed by atoms with Crippen LogP contribution < -0.4 is 0 Å². The molecule has 0 fully saturated rings. The van der Waals surface area contributed by atoms with Crippen LogP contribution in [0.2, 0.25) is 0 Å². The van der Waals surface area contributed by atoms with E-state index in [-0.39, 0.29) is 18.1 Å². The second-order valence-corrected chi connectivity index (χ2v) is 3.80. The van der Waals surface area contributed by atoms with Gasteiger partial charge in [-0.05, 0) is 6.08 Å². The van der Waals surface area contributed by atoms with Crippen LogP contribution in [0.15, 0.2) is 35.4 Å². The van der Waals surface area contributed by atoms with E-state index in [1.54, 1.807) is 23.3 Å². The molecule has 0 aromatic heterocycles. The molecular weight excluding hydrogens is 226 g/mol. The predicted octanol–water partition coefficient (Wildman–Crippen LogP) is -0.0142. The Morgan fingerprint density at radius 1 is 1.47 bits per heavy atom. The molecule has 17 heavy (non-hydrogen) atoms. The van der Waals surface area contributed by atoms with E-state index in [9.17, 15) is 15.0 Å². The summed E-state index contributed by atoms with van der Waals surface area (Å²) in [5.74, 6) is -0.700. The Morgan fingerprint density at radius 3 is 2.82 bits per heavy atom. The maximum atomic E-state index is 10.7. The maximum absolute atomic E-state index is 10.7. The highest BCUT2D eigenvalue weighted by atomic mass is 16.6. The van der Waals surface area contributed by atoms with Gasteiger partial charge in [-0.25, -0.2) is 0 Å². The zero-order valence-corrected chi connectivity index (χ0v) is 8.98. The number of hydrogen-bond donors (Lipinski definition) is 3. The molecule has 0 aromatic rings. The van der Waals surface area contributed by atoms with Gasteiger partial charge in [0.1, 0.15) is 12.4 Å². The van der Waals surface area contributed by atoms with Gasteiger partial charge in [-0.3, -0.25) is 4.79 Å². The van der Waals surface area contributed by atoms with E-state index < -0.39 is 18.9 Å². The van der Waals surface area contributed by atoms with Crippen molar-refractivity contribution >= 4 is 6.29 Å². The first-order chi connectivity index (χ1) is 8.17. The molecule has 2 heterocycles. The van der Waals surface area contributed by atoms with Crippen LogP contribution in [0.3, 0.4) is 0 Å². The van der Waals surface area contributed by atoms with Crippen molar-refractivity contribution in [2.45, 2.75) is 12.3 Å². The van der Waals surface area contributed by atoms with Gasteiger partial charge in [-0.1, -0.05) is 6.08 Å². The highest BCUT2D eigenvalue weighted by Crippen LogP contribution is 2.27. The summed E-state index contributed by atoms with van der Waals surface area (Å²) >= 11 is 0. The fourth-order valence-electron chi connectivity index (χ4n) is 1.77. The van der Waals surface area contributed by atoms with E-state index in [1.165, 1.54) is 0 Å². The van der Waals surface area contributed by atoms with Crippen molar-refractivity contribution in [3.05, 3.63) is 35.4 Å². The number of ether oxygens (including phenoxy) is 1. The predicted molar refractivity (Wildman–Crippen MR) is 58.0 cm³/mol. The van der Waals surface area contributed by atoms with Gasteiger partial charge in [-0.2, -0.15) is 0 Å². The summed E-state index contributed by atoms with van der Waals surface area (Å²) in [5.41, 5.74) is 0.538. The first kappa shape index (κ1) is 11.7. The molecule has 0 aliphatic carbocycles. The number of carbonyl (C=O) groups excluding carboxylic acids is 1. The number of carbonyl (C=O) groups is 1. The molecule has 2 aliphatic rings.